The Morgan fingerprint density at radius 3 is 1.86 bits per heavy atom. The molecule has 0 amide bonds. The van der Waals surface area contributed by atoms with Gasteiger partial charge in [-0.1, -0.05) is 77.9 Å². The van der Waals surface area contributed by atoms with Gasteiger partial charge in [-0.15, -0.1) is 0 Å². The zero-order valence-corrected chi connectivity index (χ0v) is 14.7. The highest BCUT2D eigenvalue weighted by atomic mass is 16.3. The van der Waals surface area contributed by atoms with Crippen molar-refractivity contribution in [2.45, 2.75) is 58.8 Å². The van der Waals surface area contributed by atoms with E-state index >= 15 is 0 Å². The van der Waals surface area contributed by atoms with Crippen LogP contribution in [0.15, 0.2) is 42.5 Å². The van der Waals surface area contributed by atoms with Crippen molar-refractivity contribution >= 4 is 0 Å². The molecule has 2 aromatic carbocycles. The summed E-state index contributed by atoms with van der Waals surface area (Å²) < 4.78 is 0. The highest BCUT2D eigenvalue weighted by Crippen LogP contribution is 2.40. The van der Waals surface area contributed by atoms with E-state index in [1.807, 2.05) is 12.1 Å². The van der Waals surface area contributed by atoms with Crippen LogP contribution in [0.25, 0.3) is 0 Å². The molecule has 0 aliphatic rings. The highest BCUT2D eigenvalue weighted by molar-refractivity contribution is 5.52. The van der Waals surface area contributed by atoms with Crippen LogP contribution < -0.4 is 0 Å². The van der Waals surface area contributed by atoms with Crippen molar-refractivity contribution in [3.8, 4) is 5.75 Å². The fraction of sp³-hybridized carbons (Fsp3) is 0.429. The number of phenolic OH excluding ortho intramolecular Hbond substituents is 1. The van der Waals surface area contributed by atoms with Gasteiger partial charge in [-0.3, -0.25) is 0 Å². The molecule has 0 saturated carbocycles. The lowest BCUT2D eigenvalue weighted by atomic mass is 9.72. The SMILES string of the molecule is CC(C)(C)c1ccc(O)c(Cc2ccccc2)c1C(C)(C)C. The molecule has 1 heteroatoms. The molecule has 0 aliphatic carbocycles. The summed E-state index contributed by atoms with van der Waals surface area (Å²) >= 11 is 0. The Kier molecular flexibility index (Phi) is 4.37. The van der Waals surface area contributed by atoms with Gasteiger partial charge >= 0.3 is 0 Å². The van der Waals surface area contributed by atoms with Crippen LogP contribution in [0.5, 0.6) is 5.75 Å². The normalized spacial score (nSPS) is 12.5. The van der Waals surface area contributed by atoms with Gasteiger partial charge in [0.05, 0.1) is 0 Å². The molecule has 0 heterocycles. The first kappa shape index (κ1) is 16.6. The van der Waals surface area contributed by atoms with Gasteiger partial charge in [0, 0.05) is 12.0 Å². The van der Waals surface area contributed by atoms with Crippen LogP contribution in [0.4, 0.5) is 0 Å². The van der Waals surface area contributed by atoms with Crippen LogP contribution in [-0.4, -0.2) is 5.11 Å². The summed E-state index contributed by atoms with van der Waals surface area (Å²) in [7, 11) is 0. The molecular formula is C21H28O. The van der Waals surface area contributed by atoms with Gasteiger partial charge < -0.3 is 5.11 Å². The molecule has 0 bridgehead atoms. The van der Waals surface area contributed by atoms with Crippen LogP contribution in [0.2, 0.25) is 0 Å². The molecular weight excluding hydrogens is 268 g/mol. The standard InChI is InChI=1S/C21H28O/c1-20(2,3)17-12-13-18(22)16(19(17)21(4,5)6)14-15-10-8-7-9-11-15/h7-13,22H,14H2,1-6H3. The lowest BCUT2D eigenvalue weighted by Crippen LogP contribution is -2.24. The van der Waals surface area contributed by atoms with Gasteiger partial charge in [0.15, 0.2) is 0 Å². The molecule has 22 heavy (non-hydrogen) atoms. The monoisotopic (exact) mass is 296 g/mol. The summed E-state index contributed by atoms with van der Waals surface area (Å²) in [5, 5.41) is 10.5. The van der Waals surface area contributed by atoms with E-state index in [-0.39, 0.29) is 10.8 Å². The van der Waals surface area contributed by atoms with Crippen molar-refractivity contribution < 1.29 is 5.11 Å². The van der Waals surface area contributed by atoms with E-state index < -0.39 is 0 Å². The van der Waals surface area contributed by atoms with E-state index in [1.54, 1.807) is 0 Å². The molecule has 0 fully saturated rings. The summed E-state index contributed by atoms with van der Waals surface area (Å²) in [6, 6.07) is 14.3. The minimum atomic E-state index is -0.00847. The number of rotatable bonds is 2. The van der Waals surface area contributed by atoms with Gasteiger partial charge in [0.2, 0.25) is 0 Å². The van der Waals surface area contributed by atoms with Crippen molar-refractivity contribution in [2.75, 3.05) is 0 Å². The Morgan fingerprint density at radius 1 is 0.773 bits per heavy atom. The number of hydrogen-bond donors (Lipinski definition) is 1. The Morgan fingerprint density at radius 2 is 1.36 bits per heavy atom. The van der Waals surface area contributed by atoms with Crippen molar-refractivity contribution in [1.29, 1.82) is 0 Å². The van der Waals surface area contributed by atoms with Crippen LogP contribution in [-0.2, 0) is 17.3 Å². The fourth-order valence-electron chi connectivity index (χ4n) is 3.10. The smallest absolute Gasteiger partial charge is 0.119 e. The fourth-order valence-corrected chi connectivity index (χ4v) is 3.10. The second kappa shape index (κ2) is 5.79. The van der Waals surface area contributed by atoms with E-state index in [0.29, 0.717) is 5.75 Å². The quantitative estimate of drug-likeness (QED) is 0.767. The number of benzene rings is 2. The molecule has 118 valence electrons. The molecule has 0 aromatic heterocycles. The van der Waals surface area contributed by atoms with E-state index in [4.69, 9.17) is 0 Å². The largest absolute Gasteiger partial charge is 0.508 e. The van der Waals surface area contributed by atoms with Gasteiger partial charge in [-0.2, -0.15) is 0 Å². The average Bonchev–Trinajstić information content (AvgIpc) is 2.39. The number of aromatic hydroxyl groups is 1. The molecule has 2 aromatic rings. The number of hydrogen-bond acceptors (Lipinski definition) is 1. The van der Waals surface area contributed by atoms with Gasteiger partial charge in [0.1, 0.15) is 5.75 Å². The minimum Gasteiger partial charge on any atom is -0.508 e. The van der Waals surface area contributed by atoms with Crippen molar-refractivity contribution in [3.63, 3.8) is 0 Å². The van der Waals surface area contributed by atoms with Crippen molar-refractivity contribution in [1.82, 2.24) is 0 Å². The maximum absolute atomic E-state index is 10.5. The molecule has 0 spiro atoms. The molecule has 1 nitrogen and oxygen atoms in total. The Bertz CT molecular complexity index is 640. The molecule has 0 radical (unpaired) electrons. The van der Waals surface area contributed by atoms with E-state index in [1.165, 1.54) is 16.7 Å². The summed E-state index contributed by atoms with van der Waals surface area (Å²) in [6.45, 7) is 13.4. The van der Waals surface area contributed by atoms with Gasteiger partial charge in [-0.05, 0) is 33.6 Å². The first-order valence-corrected chi connectivity index (χ1v) is 8.00. The van der Waals surface area contributed by atoms with Gasteiger partial charge in [-0.25, -0.2) is 0 Å². The Labute approximate surface area is 135 Å². The zero-order valence-electron chi connectivity index (χ0n) is 14.7. The molecule has 0 saturated heterocycles. The predicted octanol–water partition coefficient (Wildman–Crippen LogP) is 5.58. The first-order chi connectivity index (χ1) is 10.1. The maximum Gasteiger partial charge on any atom is 0.119 e. The number of phenols is 1. The molecule has 0 unspecified atom stereocenters. The lowest BCUT2D eigenvalue weighted by molar-refractivity contribution is 0.458. The van der Waals surface area contributed by atoms with Crippen LogP contribution in [0.3, 0.4) is 0 Å². The predicted molar refractivity (Wildman–Crippen MR) is 94.8 cm³/mol. The summed E-state index contributed by atoms with van der Waals surface area (Å²) in [5.41, 5.74) is 4.95. The minimum absolute atomic E-state index is 0.00847. The van der Waals surface area contributed by atoms with E-state index in [9.17, 15) is 5.11 Å². The zero-order chi connectivity index (χ0) is 16.5. The molecule has 0 atom stereocenters. The molecule has 1 N–H and O–H groups in total. The highest BCUT2D eigenvalue weighted by Gasteiger charge is 2.29. The maximum atomic E-state index is 10.5. The van der Waals surface area contributed by atoms with E-state index in [0.717, 1.165) is 12.0 Å². The lowest BCUT2D eigenvalue weighted by Gasteiger charge is -2.33. The second-order valence-electron chi connectivity index (χ2n) is 8.15. The second-order valence-corrected chi connectivity index (χ2v) is 8.15. The summed E-state index contributed by atoms with van der Waals surface area (Å²) in [5.74, 6) is 0.404. The molecule has 0 aliphatic heterocycles. The third-order valence-electron chi connectivity index (χ3n) is 4.07. The van der Waals surface area contributed by atoms with E-state index in [2.05, 4.69) is 71.9 Å². The first-order valence-electron chi connectivity index (χ1n) is 8.00. The molecule has 2 rings (SSSR count). The Hall–Kier alpha value is -1.76. The van der Waals surface area contributed by atoms with Crippen LogP contribution >= 0.6 is 0 Å². The van der Waals surface area contributed by atoms with Gasteiger partial charge in [0.25, 0.3) is 0 Å². The summed E-state index contributed by atoms with van der Waals surface area (Å²) in [6.07, 6.45) is 0.767. The van der Waals surface area contributed by atoms with Crippen molar-refractivity contribution in [2.24, 2.45) is 0 Å². The van der Waals surface area contributed by atoms with Crippen molar-refractivity contribution in [3.05, 3.63) is 64.7 Å². The topological polar surface area (TPSA) is 20.2 Å². The van der Waals surface area contributed by atoms with Crippen LogP contribution in [0.1, 0.15) is 63.8 Å². The Balaban J connectivity index is 2.66. The third-order valence-corrected chi connectivity index (χ3v) is 4.07. The summed E-state index contributed by atoms with van der Waals surface area (Å²) in [4.78, 5) is 0. The van der Waals surface area contributed by atoms with Crippen LogP contribution in [0, 0.1) is 0 Å². The third kappa shape index (κ3) is 3.52. The average molecular weight is 296 g/mol.